The summed E-state index contributed by atoms with van der Waals surface area (Å²) in [5.41, 5.74) is 4.95. The van der Waals surface area contributed by atoms with Gasteiger partial charge in [0.15, 0.2) is 0 Å². The summed E-state index contributed by atoms with van der Waals surface area (Å²) in [6.07, 6.45) is 2.65. The number of aryl methyl sites for hydroxylation is 1. The SMILES string of the molecule is Cn1cncc(C(=N)N)c1=O. The summed E-state index contributed by atoms with van der Waals surface area (Å²) in [7, 11) is 1.56. The fraction of sp³-hybridized carbons (Fsp3) is 0.167. The molecule has 0 radical (unpaired) electrons. The van der Waals surface area contributed by atoms with Crippen molar-refractivity contribution in [1.82, 2.24) is 9.55 Å². The summed E-state index contributed by atoms with van der Waals surface area (Å²) in [6, 6.07) is 0. The van der Waals surface area contributed by atoms with Crippen molar-refractivity contribution in [1.29, 1.82) is 5.41 Å². The molecule has 11 heavy (non-hydrogen) atoms. The van der Waals surface area contributed by atoms with E-state index in [1.165, 1.54) is 17.1 Å². The van der Waals surface area contributed by atoms with Crippen LogP contribution in [-0.4, -0.2) is 15.4 Å². The average molecular weight is 152 g/mol. The van der Waals surface area contributed by atoms with Gasteiger partial charge in [-0.3, -0.25) is 10.2 Å². The highest BCUT2D eigenvalue weighted by Crippen LogP contribution is 1.83. The molecule has 1 aromatic rings. The molecule has 0 amide bonds. The molecule has 3 N–H and O–H groups in total. The Labute approximate surface area is 63.0 Å². The summed E-state index contributed by atoms with van der Waals surface area (Å²) in [5, 5.41) is 7.00. The minimum absolute atomic E-state index is 0.134. The van der Waals surface area contributed by atoms with Gasteiger partial charge in [-0.1, -0.05) is 0 Å². The van der Waals surface area contributed by atoms with Crippen LogP contribution < -0.4 is 11.3 Å². The smallest absolute Gasteiger partial charge is 0.264 e. The largest absolute Gasteiger partial charge is 0.383 e. The molecular weight excluding hydrogens is 144 g/mol. The van der Waals surface area contributed by atoms with Gasteiger partial charge in [0.1, 0.15) is 5.84 Å². The van der Waals surface area contributed by atoms with E-state index in [9.17, 15) is 4.79 Å². The molecule has 58 valence electrons. The van der Waals surface area contributed by atoms with Crippen molar-refractivity contribution in [3.8, 4) is 0 Å². The first kappa shape index (κ1) is 7.46. The van der Waals surface area contributed by atoms with Gasteiger partial charge in [0.05, 0.1) is 11.9 Å². The van der Waals surface area contributed by atoms with Gasteiger partial charge in [-0.25, -0.2) is 4.98 Å². The highest BCUT2D eigenvalue weighted by molar-refractivity contribution is 5.94. The fourth-order valence-electron chi connectivity index (χ4n) is 0.690. The molecule has 0 saturated carbocycles. The molecule has 0 aliphatic carbocycles. The summed E-state index contributed by atoms with van der Waals surface area (Å²) in [6.45, 7) is 0. The van der Waals surface area contributed by atoms with Crippen LogP contribution in [0.2, 0.25) is 0 Å². The second-order valence-corrected chi connectivity index (χ2v) is 2.14. The Balaban J connectivity index is 3.40. The molecule has 5 heteroatoms. The quantitative estimate of drug-likeness (QED) is 0.402. The molecule has 0 unspecified atom stereocenters. The third-order valence-corrected chi connectivity index (χ3v) is 1.28. The van der Waals surface area contributed by atoms with Gasteiger partial charge in [-0.05, 0) is 0 Å². The standard InChI is InChI=1S/C6H8N4O/c1-10-3-9-2-4(5(7)8)6(10)11/h2-3H,1H3,(H3,7,8). The number of rotatable bonds is 1. The first-order valence-electron chi connectivity index (χ1n) is 2.98. The van der Waals surface area contributed by atoms with Crippen LogP contribution in [0.5, 0.6) is 0 Å². The van der Waals surface area contributed by atoms with Crippen LogP contribution in [0.15, 0.2) is 17.3 Å². The van der Waals surface area contributed by atoms with Gasteiger partial charge in [-0.15, -0.1) is 0 Å². The van der Waals surface area contributed by atoms with E-state index >= 15 is 0 Å². The Bertz CT molecular complexity index is 341. The predicted octanol–water partition coefficient (Wildman–Crippen LogP) is -0.936. The van der Waals surface area contributed by atoms with Gasteiger partial charge < -0.3 is 10.3 Å². The van der Waals surface area contributed by atoms with E-state index in [-0.39, 0.29) is 17.0 Å². The fourth-order valence-corrected chi connectivity index (χ4v) is 0.690. The van der Waals surface area contributed by atoms with Crippen LogP contribution in [0.4, 0.5) is 0 Å². The number of hydrogen-bond acceptors (Lipinski definition) is 3. The third-order valence-electron chi connectivity index (χ3n) is 1.28. The van der Waals surface area contributed by atoms with Crippen molar-refractivity contribution >= 4 is 5.84 Å². The first-order chi connectivity index (χ1) is 5.13. The molecule has 0 fully saturated rings. The Hall–Kier alpha value is -1.65. The zero-order valence-corrected chi connectivity index (χ0v) is 6.03. The lowest BCUT2D eigenvalue weighted by molar-refractivity contribution is 0.820. The Morgan fingerprint density at radius 1 is 1.82 bits per heavy atom. The van der Waals surface area contributed by atoms with E-state index in [4.69, 9.17) is 11.1 Å². The second-order valence-electron chi connectivity index (χ2n) is 2.14. The lowest BCUT2D eigenvalue weighted by Gasteiger charge is -1.98. The lowest BCUT2D eigenvalue weighted by Crippen LogP contribution is -2.28. The number of hydrogen-bond donors (Lipinski definition) is 2. The zero-order valence-electron chi connectivity index (χ0n) is 6.03. The topological polar surface area (TPSA) is 84.8 Å². The summed E-state index contributed by atoms with van der Waals surface area (Å²) in [4.78, 5) is 14.8. The number of nitrogens with two attached hydrogens (primary N) is 1. The maximum atomic E-state index is 11.1. The molecule has 0 spiro atoms. The molecule has 1 heterocycles. The van der Waals surface area contributed by atoms with Crippen LogP contribution in [0.25, 0.3) is 0 Å². The van der Waals surface area contributed by atoms with E-state index < -0.39 is 0 Å². The molecule has 0 aliphatic rings. The molecule has 5 nitrogen and oxygen atoms in total. The number of nitrogen functional groups attached to an aromatic ring is 1. The first-order valence-corrected chi connectivity index (χ1v) is 2.98. The zero-order chi connectivity index (χ0) is 8.43. The van der Waals surface area contributed by atoms with Crippen LogP contribution >= 0.6 is 0 Å². The Morgan fingerprint density at radius 3 is 2.91 bits per heavy atom. The highest BCUT2D eigenvalue weighted by atomic mass is 16.1. The Morgan fingerprint density at radius 2 is 2.45 bits per heavy atom. The Kier molecular flexibility index (Phi) is 1.72. The maximum absolute atomic E-state index is 11.1. The van der Waals surface area contributed by atoms with Crippen molar-refractivity contribution in [3.05, 3.63) is 28.4 Å². The van der Waals surface area contributed by atoms with Crippen LogP contribution in [0, 0.1) is 5.41 Å². The molecule has 0 saturated heterocycles. The van der Waals surface area contributed by atoms with E-state index in [0.29, 0.717) is 0 Å². The summed E-state index contributed by atoms with van der Waals surface area (Å²) in [5.74, 6) is -0.251. The summed E-state index contributed by atoms with van der Waals surface area (Å²) >= 11 is 0. The maximum Gasteiger partial charge on any atom is 0.264 e. The van der Waals surface area contributed by atoms with Crippen LogP contribution in [-0.2, 0) is 7.05 Å². The van der Waals surface area contributed by atoms with E-state index in [0.717, 1.165) is 0 Å². The molecule has 0 aromatic carbocycles. The molecule has 1 aromatic heterocycles. The molecule has 0 bridgehead atoms. The minimum Gasteiger partial charge on any atom is -0.383 e. The van der Waals surface area contributed by atoms with Gasteiger partial charge >= 0.3 is 0 Å². The van der Waals surface area contributed by atoms with Gasteiger partial charge in [0.25, 0.3) is 5.56 Å². The number of nitrogens with zero attached hydrogens (tertiary/aromatic N) is 2. The number of aromatic nitrogens is 2. The van der Waals surface area contributed by atoms with Gasteiger partial charge in [0.2, 0.25) is 0 Å². The molecule has 0 atom stereocenters. The van der Waals surface area contributed by atoms with Crippen molar-refractivity contribution < 1.29 is 0 Å². The van der Waals surface area contributed by atoms with E-state index in [1.807, 2.05) is 0 Å². The molecule has 1 rings (SSSR count). The van der Waals surface area contributed by atoms with Crippen molar-refractivity contribution in [2.45, 2.75) is 0 Å². The van der Waals surface area contributed by atoms with Crippen molar-refractivity contribution in [2.24, 2.45) is 12.8 Å². The molecule has 0 aliphatic heterocycles. The molecular formula is C6H8N4O. The second kappa shape index (κ2) is 2.53. The monoisotopic (exact) mass is 152 g/mol. The summed E-state index contributed by atoms with van der Waals surface area (Å²) < 4.78 is 1.27. The van der Waals surface area contributed by atoms with Crippen LogP contribution in [0.3, 0.4) is 0 Å². The van der Waals surface area contributed by atoms with Gasteiger partial charge in [-0.2, -0.15) is 0 Å². The number of amidine groups is 1. The highest BCUT2D eigenvalue weighted by Gasteiger charge is 2.02. The lowest BCUT2D eigenvalue weighted by atomic mass is 10.3. The normalized spacial score (nSPS) is 9.55. The van der Waals surface area contributed by atoms with E-state index in [1.54, 1.807) is 7.05 Å². The average Bonchev–Trinajstić information content (AvgIpc) is 1.94. The van der Waals surface area contributed by atoms with Gasteiger partial charge in [0, 0.05) is 13.2 Å². The number of nitrogens with one attached hydrogen (secondary N) is 1. The van der Waals surface area contributed by atoms with Crippen molar-refractivity contribution in [3.63, 3.8) is 0 Å². The van der Waals surface area contributed by atoms with E-state index in [2.05, 4.69) is 4.98 Å². The van der Waals surface area contributed by atoms with Crippen LogP contribution in [0.1, 0.15) is 5.56 Å². The third kappa shape index (κ3) is 1.26. The predicted molar refractivity (Wildman–Crippen MR) is 40.5 cm³/mol. The minimum atomic E-state index is -0.299. The van der Waals surface area contributed by atoms with Crippen molar-refractivity contribution in [2.75, 3.05) is 0 Å².